The summed E-state index contributed by atoms with van der Waals surface area (Å²) < 4.78 is 9.48. The highest BCUT2D eigenvalue weighted by Crippen LogP contribution is 2.56. The molecule has 5 rings (SSSR count). The first kappa shape index (κ1) is 16.9. The SMILES string of the molecule is [2H]C1(C)c2ccccc2C2=C(C)N(c3ccccc3C)C(c3c(C)cccc3C)N21. The summed E-state index contributed by atoms with van der Waals surface area (Å²) in [6.45, 7) is 10.8. The van der Waals surface area contributed by atoms with Crippen molar-refractivity contribution in [2.45, 2.75) is 46.8 Å². The van der Waals surface area contributed by atoms with Gasteiger partial charge in [-0.1, -0.05) is 60.7 Å². The number of nitrogens with zero attached hydrogens (tertiary/aromatic N) is 2. The molecule has 2 aliphatic heterocycles. The highest BCUT2D eigenvalue weighted by atomic mass is 15.4. The van der Waals surface area contributed by atoms with Crippen LogP contribution in [0, 0.1) is 20.8 Å². The lowest BCUT2D eigenvalue weighted by molar-refractivity contribution is 0.268. The number of fused-ring (bicyclic) bond motifs is 3. The number of hydrogen-bond donors (Lipinski definition) is 0. The number of rotatable bonds is 2. The van der Waals surface area contributed by atoms with E-state index >= 15 is 0 Å². The number of allylic oxidation sites excluding steroid dienone is 1. The van der Waals surface area contributed by atoms with Gasteiger partial charge in [0.2, 0.25) is 0 Å². The van der Waals surface area contributed by atoms with Crippen LogP contribution in [0.15, 0.2) is 72.4 Å². The standard InChI is InChI=1S/C27H28N2/c1-17-11-6-9-16-24(17)28-21(5)26-23-15-8-7-14-22(23)20(4)29(26)27(28)25-18(2)12-10-13-19(25)3/h6-16,20,27H,1-5H3/i20D. The third-order valence-electron chi connectivity index (χ3n) is 6.54. The molecular weight excluding hydrogens is 352 g/mol. The minimum Gasteiger partial charge on any atom is -0.338 e. The minimum atomic E-state index is -0.843. The number of aryl methyl sites for hydroxylation is 3. The van der Waals surface area contributed by atoms with Gasteiger partial charge >= 0.3 is 0 Å². The minimum absolute atomic E-state index is 0.0581. The van der Waals surface area contributed by atoms with Crippen molar-refractivity contribution in [2.75, 3.05) is 4.90 Å². The van der Waals surface area contributed by atoms with Crippen LogP contribution in [-0.4, -0.2) is 4.90 Å². The van der Waals surface area contributed by atoms with E-state index in [4.69, 9.17) is 0 Å². The van der Waals surface area contributed by atoms with Gasteiger partial charge in [0.25, 0.3) is 0 Å². The molecule has 0 fully saturated rings. The van der Waals surface area contributed by atoms with Crippen molar-refractivity contribution in [3.63, 3.8) is 0 Å². The van der Waals surface area contributed by atoms with Crippen LogP contribution < -0.4 is 4.90 Å². The van der Waals surface area contributed by atoms with Crippen molar-refractivity contribution >= 4 is 11.4 Å². The zero-order valence-electron chi connectivity index (χ0n) is 18.8. The summed E-state index contributed by atoms with van der Waals surface area (Å²) in [6.07, 6.45) is -0.0581. The summed E-state index contributed by atoms with van der Waals surface area (Å²) in [4.78, 5) is 4.78. The Balaban J connectivity index is 1.84. The molecule has 3 aromatic rings. The highest BCUT2D eigenvalue weighted by molar-refractivity contribution is 5.82. The fourth-order valence-corrected chi connectivity index (χ4v) is 5.16. The van der Waals surface area contributed by atoms with E-state index in [9.17, 15) is 1.37 Å². The van der Waals surface area contributed by atoms with Crippen LogP contribution in [0.25, 0.3) is 5.70 Å². The fourth-order valence-electron chi connectivity index (χ4n) is 5.16. The average molecular weight is 382 g/mol. The van der Waals surface area contributed by atoms with E-state index in [0.717, 1.165) is 5.56 Å². The zero-order valence-corrected chi connectivity index (χ0v) is 17.8. The summed E-state index contributed by atoms with van der Waals surface area (Å²) in [5.41, 5.74) is 10.9. The van der Waals surface area contributed by atoms with Crippen LogP contribution in [0.2, 0.25) is 0 Å². The second-order valence-electron chi connectivity index (χ2n) is 8.27. The van der Waals surface area contributed by atoms with Crippen LogP contribution in [0.4, 0.5) is 5.69 Å². The molecule has 2 atom stereocenters. The molecule has 0 N–H and O–H groups in total. The molecule has 0 saturated heterocycles. The number of benzene rings is 3. The van der Waals surface area contributed by atoms with Crippen molar-refractivity contribution in [1.82, 2.24) is 4.90 Å². The zero-order chi connectivity index (χ0) is 21.2. The lowest BCUT2D eigenvalue weighted by Crippen LogP contribution is -2.34. The van der Waals surface area contributed by atoms with E-state index in [1.54, 1.807) is 0 Å². The fraction of sp³-hybridized carbons (Fsp3) is 0.259. The maximum Gasteiger partial charge on any atom is 0.133 e. The molecule has 0 saturated carbocycles. The Labute approximate surface area is 175 Å². The van der Waals surface area contributed by atoms with Gasteiger partial charge in [-0.2, -0.15) is 0 Å². The monoisotopic (exact) mass is 381 g/mol. The molecule has 2 heteroatoms. The predicted octanol–water partition coefficient (Wildman–Crippen LogP) is 6.90. The Morgan fingerprint density at radius 1 is 0.759 bits per heavy atom. The van der Waals surface area contributed by atoms with Gasteiger partial charge in [0, 0.05) is 22.5 Å². The molecule has 0 aromatic heterocycles. The Morgan fingerprint density at radius 3 is 2.10 bits per heavy atom. The van der Waals surface area contributed by atoms with E-state index < -0.39 is 6.02 Å². The molecule has 0 radical (unpaired) electrons. The largest absolute Gasteiger partial charge is 0.338 e. The van der Waals surface area contributed by atoms with E-state index in [2.05, 4.69) is 104 Å². The van der Waals surface area contributed by atoms with Gasteiger partial charge < -0.3 is 9.80 Å². The molecule has 2 unspecified atom stereocenters. The van der Waals surface area contributed by atoms with Crippen molar-refractivity contribution in [3.8, 4) is 0 Å². The molecule has 2 heterocycles. The van der Waals surface area contributed by atoms with Crippen molar-refractivity contribution < 1.29 is 1.37 Å². The third kappa shape index (κ3) is 2.48. The average Bonchev–Trinajstić information content (AvgIpc) is 3.14. The first-order valence-electron chi connectivity index (χ1n) is 10.8. The van der Waals surface area contributed by atoms with Crippen LogP contribution in [-0.2, 0) is 0 Å². The van der Waals surface area contributed by atoms with Gasteiger partial charge in [0.15, 0.2) is 0 Å². The maximum atomic E-state index is 9.48. The van der Waals surface area contributed by atoms with Gasteiger partial charge in [-0.25, -0.2) is 0 Å². The van der Waals surface area contributed by atoms with Crippen LogP contribution in [0.1, 0.15) is 60.8 Å². The van der Waals surface area contributed by atoms with Crippen molar-refractivity contribution in [2.24, 2.45) is 0 Å². The lowest BCUT2D eigenvalue weighted by Gasteiger charge is -2.38. The number of para-hydroxylation sites is 1. The molecule has 2 nitrogen and oxygen atoms in total. The Bertz CT molecular complexity index is 1170. The molecular formula is C27H28N2. The Kier molecular flexibility index (Phi) is 3.80. The van der Waals surface area contributed by atoms with E-state index in [-0.39, 0.29) is 6.17 Å². The van der Waals surface area contributed by atoms with Gasteiger partial charge in [-0.3, -0.25) is 0 Å². The predicted molar refractivity (Wildman–Crippen MR) is 122 cm³/mol. The highest BCUT2D eigenvalue weighted by Gasteiger charge is 2.47. The summed E-state index contributed by atoms with van der Waals surface area (Å²) in [5, 5.41) is 0. The quantitative estimate of drug-likeness (QED) is 0.476. The van der Waals surface area contributed by atoms with E-state index in [0.29, 0.717) is 0 Å². The lowest BCUT2D eigenvalue weighted by atomic mass is 9.97. The molecule has 3 aromatic carbocycles. The second kappa shape index (κ2) is 6.52. The van der Waals surface area contributed by atoms with E-state index in [1.165, 1.54) is 44.9 Å². The molecule has 0 aliphatic carbocycles. The normalized spacial score (nSPS) is 23.3. The second-order valence-corrected chi connectivity index (χ2v) is 8.27. The molecule has 146 valence electrons. The topological polar surface area (TPSA) is 6.48 Å². The molecule has 2 aliphatic rings. The summed E-state index contributed by atoms with van der Waals surface area (Å²) in [5.74, 6) is 0. The first-order valence-corrected chi connectivity index (χ1v) is 10.3. The van der Waals surface area contributed by atoms with Gasteiger partial charge in [-0.05, 0) is 62.9 Å². The van der Waals surface area contributed by atoms with Crippen LogP contribution >= 0.6 is 0 Å². The number of hydrogen-bond acceptors (Lipinski definition) is 2. The first-order chi connectivity index (χ1) is 14.3. The van der Waals surface area contributed by atoms with Gasteiger partial charge in [-0.15, -0.1) is 0 Å². The summed E-state index contributed by atoms with van der Waals surface area (Å²) in [7, 11) is 0. The molecule has 0 spiro atoms. The van der Waals surface area contributed by atoms with Gasteiger partial charge in [0.1, 0.15) is 6.17 Å². The molecule has 0 amide bonds. The summed E-state index contributed by atoms with van der Waals surface area (Å²) in [6, 6.07) is 22.7. The van der Waals surface area contributed by atoms with Crippen molar-refractivity contribution in [3.05, 3.63) is 106 Å². The number of anilines is 1. The summed E-state index contributed by atoms with van der Waals surface area (Å²) >= 11 is 0. The van der Waals surface area contributed by atoms with Crippen LogP contribution in [0.3, 0.4) is 0 Å². The van der Waals surface area contributed by atoms with Crippen LogP contribution in [0.5, 0.6) is 0 Å². The maximum absolute atomic E-state index is 9.48. The molecule has 0 bridgehead atoms. The molecule has 29 heavy (non-hydrogen) atoms. The third-order valence-corrected chi connectivity index (χ3v) is 6.54. The Morgan fingerprint density at radius 2 is 1.38 bits per heavy atom. The smallest absolute Gasteiger partial charge is 0.133 e. The Hall–Kier alpha value is -3.00. The van der Waals surface area contributed by atoms with Gasteiger partial charge in [0.05, 0.1) is 13.1 Å². The van der Waals surface area contributed by atoms with Crippen molar-refractivity contribution in [1.29, 1.82) is 0 Å². The van der Waals surface area contributed by atoms with E-state index in [1.807, 2.05) is 6.92 Å².